The predicted molar refractivity (Wildman–Crippen MR) is 124 cm³/mol. The van der Waals surface area contributed by atoms with Gasteiger partial charge >= 0.3 is 5.97 Å². The molecule has 2 rings (SSSR count). The number of piperidine rings is 1. The second kappa shape index (κ2) is 13.9. The van der Waals surface area contributed by atoms with E-state index in [9.17, 15) is 14.4 Å². The minimum Gasteiger partial charge on any atom is -0.494 e. The number of benzene rings is 1. The van der Waals surface area contributed by atoms with E-state index in [2.05, 4.69) is 6.92 Å². The van der Waals surface area contributed by atoms with Crippen molar-refractivity contribution in [3.8, 4) is 5.75 Å². The van der Waals surface area contributed by atoms with Crippen LogP contribution in [-0.2, 0) is 20.8 Å². The van der Waals surface area contributed by atoms with Crippen molar-refractivity contribution < 1.29 is 24.2 Å². The molecule has 1 aromatic carbocycles. The molecule has 1 aliphatic rings. The van der Waals surface area contributed by atoms with Gasteiger partial charge < -0.3 is 14.7 Å². The standard InChI is InChI=1S/C24H33NO5S/c1-2-15-30-22-12-8-19(9-13-22)18-21(26)11-10-20-5-3-6-23(27)25(20)14-17-31-16-4-7-24(28)29/h8-13,20H,2-7,14-18H2,1H3,(H,28,29)/b11-10+/t20-/m1/s1. The lowest BCUT2D eigenvalue weighted by atomic mass is 10.00. The maximum atomic E-state index is 12.4. The van der Waals surface area contributed by atoms with Crippen molar-refractivity contribution in [2.45, 2.75) is 57.9 Å². The number of carbonyl (C=O) groups excluding carboxylic acids is 2. The summed E-state index contributed by atoms with van der Waals surface area (Å²) in [5, 5.41) is 8.68. The van der Waals surface area contributed by atoms with Crippen LogP contribution in [-0.4, -0.2) is 58.4 Å². The van der Waals surface area contributed by atoms with Crippen molar-refractivity contribution in [1.29, 1.82) is 0 Å². The molecule has 1 atom stereocenters. The zero-order chi connectivity index (χ0) is 22.5. The van der Waals surface area contributed by atoms with Crippen LogP contribution in [0.1, 0.15) is 51.0 Å². The van der Waals surface area contributed by atoms with Gasteiger partial charge in [0.25, 0.3) is 0 Å². The molecule has 0 saturated carbocycles. The van der Waals surface area contributed by atoms with Gasteiger partial charge in [-0.3, -0.25) is 14.4 Å². The molecule has 1 aliphatic heterocycles. The van der Waals surface area contributed by atoms with Crippen molar-refractivity contribution in [2.24, 2.45) is 0 Å². The fourth-order valence-electron chi connectivity index (χ4n) is 3.43. The average Bonchev–Trinajstić information content (AvgIpc) is 2.75. The number of amides is 1. The first-order chi connectivity index (χ1) is 15.0. The van der Waals surface area contributed by atoms with E-state index in [0.29, 0.717) is 32.4 Å². The summed E-state index contributed by atoms with van der Waals surface area (Å²) < 4.78 is 5.56. The summed E-state index contributed by atoms with van der Waals surface area (Å²) in [6.45, 7) is 3.36. The summed E-state index contributed by atoms with van der Waals surface area (Å²) in [4.78, 5) is 37.2. The summed E-state index contributed by atoms with van der Waals surface area (Å²) in [5.41, 5.74) is 0.938. The quantitative estimate of drug-likeness (QED) is 0.341. The lowest BCUT2D eigenvalue weighted by Crippen LogP contribution is -2.43. The summed E-state index contributed by atoms with van der Waals surface area (Å²) in [6.07, 6.45) is 7.82. The SMILES string of the molecule is CCCOc1ccc(CC(=O)/C=C/[C@H]2CCCC(=O)N2CCSCCCC(=O)O)cc1. The molecule has 170 valence electrons. The monoisotopic (exact) mass is 447 g/mol. The minimum atomic E-state index is -0.776. The summed E-state index contributed by atoms with van der Waals surface area (Å²) in [6, 6.07) is 7.55. The topological polar surface area (TPSA) is 83.9 Å². The van der Waals surface area contributed by atoms with Crippen LogP contribution in [0, 0.1) is 0 Å². The Labute approximate surface area is 189 Å². The number of nitrogens with zero attached hydrogens (tertiary/aromatic N) is 1. The molecule has 1 heterocycles. The van der Waals surface area contributed by atoms with E-state index in [1.807, 2.05) is 35.2 Å². The maximum absolute atomic E-state index is 12.4. The third-order valence-electron chi connectivity index (χ3n) is 5.05. The molecular weight excluding hydrogens is 414 g/mol. The Morgan fingerprint density at radius 1 is 1.26 bits per heavy atom. The fraction of sp³-hybridized carbons (Fsp3) is 0.542. The average molecular weight is 448 g/mol. The number of hydrogen-bond donors (Lipinski definition) is 1. The molecule has 0 spiro atoms. The Morgan fingerprint density at radius 3 is 2.74 bits per heavy atom. The molecule has 7 heteroatoms. The predicted octanol–water partition coefficient (Wildman–Crippen LogP) is 4.12. The molecule has 1 N–H and O–H groups in total. The zero-order valence-electron chi connectivity index (χ0n) is 18.3. The summed E-state index contributed by atoms with van der Waals surface area (Å²) in [7, 11) is 0. The second-order valence-corrected chi connectivity index (χ2v) is 8.88. The third kappa shape index (κ3) is 9.59. The van der Waals surface area contributed by atoms with Gasteiger partial charge in [-0.15, -0.1) is 0 Å². The minimum absolute atomic E-state index is 0.0169. The molecule has 31 heavy (non-hydrogen) atoms. The molecule has 6 nitrogen and oxygen atoms in total. The van der Waals surface area contributed by atoms with Crippen molar-refractivity contribution in [1.82, 2.24) is 4.90 Å². The molecule has 0 aliphatic carbocycles. The molecular formula is C24H33NO5S. The Hall–Kier alpha value is -2.28. The Balaban J connectivity index is 1.81. The number of carboxylic acids is 1. The largest absolute Gasteiger partial charge is 0.494 e. The van der Waals surface area contributed by atoms with Crippen LogP contribution >= 0.6 is 11.8 Å². The number of hydrogen-bond acceptors (Lipinski definition) is 5. The van der Waals surface area contributed by atoms with Gasteiger partial charge in [-0.05, 0) is 55.2 Å². The van der Waals surface area contributed by atoms with E-state index in [0.717, 1.165) is 42.1 Å². The smallest absolute Gasteiger partial charge is 0.303 e. The number of carboxylic acid groups (broad SMARTS) is 1. The first-order valence-corrected chi connectivity index (χ1v) is 12.2. The highest BCUT2D eigenvalue weighted by molar-refractivity contribution is 7.99. The Bertz CT molecular complexity index is 747. The van der Waals surface area contributed by atoms with E-state index in [-0.39, 0.29) is 24.2 Å². The van der Waals surface area contributed by atoms with Crippen LogP contribution < -0.4 is 4.74 Å². The van der Waals surface area contributed by atoms with E-state index in [1.165, 1.54) is 0 Å². The molecule has 1 aromatic rings. The number of rotatable bonds is 14. The first-order valence-electron chi connectivity index (χ1n) is 11.0. The van der Waals surface area contributed by atoms with E-state index in [1.54, 1.807) is 17.8 Å². The van der Waals surface area contributed by atoms with Crippen LogP contribution in [0.25, 0.3) is 0 Å². The zero-order valence-corrected chi connectivity index (χ0v) is 19.1. The van der Waals surface area contributed by atoms with Gasteiger partial charge in [-0.25, -0.2) is 0 Å². The molecule has 1 saturated heterocycles. The van der Waals surface area contributed by atoms with Gasteiger partial charge in [0, 0.05) is 31.6 Å². The number of likely N-dealkylation sites (tertiary alicyclic amines) is 1. The van der Waals surface area contributed by atoms with Crippen LogP contribution in [0.2, 0.25) is 0 Å². The number of ketones is 1. The van der Waals surface area contributed by atoms with Crippen LogP contribution in [0.3, 0.4) is 0 Å². The summed E-state index contributed by atoms with van der Waals surface area (Å²) >= 11 is 1.67. The summed E-state index contributed by atoms with van der Waals surface area (Å²) in [5.74, 6) is 1.73. The van der Waals surface area contributed by atoms with Crippen LogP contribution in [0.15, 0.2) is 36.4 Å². The third-order valence-corrected chi connectivity index (χ3v) is 6.09. The molecule has 1 amide bonds. The van der Waals surface area contributed by atoms with Gasteiger partial charge in [0.2, 0.25) is 5.91 Å². The van der Waals surface area contributed by atoms with Crippen molar-refractivity contribution >= 4 is 29.4 Å². The van der Waals surface area contributed by atoms with Gasteiger partial charge in [0.15, 0.2) is 5.78 Å². The van der Waals surface area contributed by atoms with Crippen molar-refractivity contribution in [3.05, 3.63) is 42.0 Å². The normalized spacial score (nSPS) is 16.6. The number of allylic oxidation sites excluding steroid dienone is 1. The van der Waals surface area contributed by atoms with Gasteiger partial charge in [-0.2, -0.15) is 11.8 Å². The van der Waals surface area contributed by atoms with Gasteiger partial charge in [0.05, 0.1) is 12.6 Å². The van der Waals surface area contributed by atoms with E-state index < -0.39 is 5.97 Å². The second-order valence-electron chi connectivity index (χ2n) is 7.65. The van der Waals surface area contributed by atoms with E-state index >= 15 is 0 Å². The number of aliphatic carboxylic acids is 1. The highest BCUT2D eigenvalue weighted by Gasteiger charge is 2.25. The molecule has 1 fully saturated rings. The molecule has 0 bridgehead atoms. The first kappa shape index (κ1) is 25.0. The molecule has 0 radical (unpaired) electrons. The fourth-order valence-corrected chi connectivity index (χ4v) is 4.31. The van der Waals surface area contributed by atoms with E-state index in [4.69, 9.17) is 9.84 Å². The Morgan fingerprint density at radius 2 is 2.03 bits per heavy atom. The maximum Gasteiger partial charge on any atom is 0.303 e. The van der Waals surface area contributed by atoms with Crippen molar-refractivity contribution in [2.75, 3.05) is 24.7 Å². The molecule has 0 unspecified atom stereocenters. The number of carbonyl (C=O) groups is 3. The number of ether oxygens (including phenoxy) is 1. The Kier molecular flexibility index (Phi) is 11.2. The highest BCUT2D eigenvalue weighted by Crippen LogP contribution is 2.20. The van der Waals surface area contributed by atoms with Crippen LogP contribution in [0.5, 0.6) is 5.75 Å². The van der Waals surface area contributed by atoms with Gasteiger partial charge in [-0.1, -0.05) is 25.1 Å². The van der Waals surface area contributed by atoms with Gasteiger partial charge in [0.1, 0.15) is 5.75 Å². The molecule has 0 aromatic heterocycles. The number of thioether (sulfide) groups is 1. The lowest BCUT2D eigenvalue weighted by molar-refractivity contribution is -0.137. The highest BCUT2D eigenvalue weighted by atomic mass is 32.2. The van der Waals surface area contributed by atoms with Crippen molar-refractivity contribution in [3.63, 3.8) is 0 Å². The lowest BCUT2D eigenvalue weighted by Gasteiger charge is -2.34. The van der Waals surface area contributed by atoms with Crippen LogP contribution in [0.4, 0.5) is 0 Å².